The minimum Gasteiger partial charge on any atom is -0.348 e. The van der Waals surface area contributed by atoms with Gasteiger partial charge in [-0.3, -0.25) is 4.57 Å². The molecule has 0 aliphatic rings. The highest BCUT2D eigenvalue weighted by Gasteiger charge is 2.09. The number of rotatable bonds is 2. The summed E-state index contributed by atoms with van der Waals surface area (Å²) in [5.74, 6) is 0.365. The van der Waals surface area contributed by atoms with Crippen molar-refractivity contribution in [3.63, 3.8) is 0 Å². The number of anilines is 1. The van der Waals surface area contributed by atoms with Crippen LogP contribution in [0.25, 0.3) is 0 Å². The lowest BCUT2D eigenvalue weighted by Crippen LogP contribution is -2.42. The van der Waals surface area contributed by atoms with Crippen molar-refractivity contribution in [1.29, 1.82) is 0 Å². The third-order valence-electron chi connectivity index (χ3n) is 1.96. The number of hydrogen-bond donors (Lipinski definition) is 0. The van der Waals surface area contributed by atoms with Gasteiger partial charge in [0.25, 0.3) is 0 Å². The number of nitrogens with zero attached hydrogens (tertiary/aromatic N) is 4. The fourth-order valence-corrected chi connectivity index (χ4v) is 1.24. The molecule has 6 nitrogen and oxygen atoms in total. The van der Waals surface area contributed by atoms with E-state index in [1.807, 2.05) is 0 Å². The average molecular weight is 198 g/mol. The van der Waals surface area contributed by atoms with Crippen LogP contribution in [0, 0.1) is 0 Å². The number of hydrogen-bond acceptors (Lipinski definition) is 4. The van der Waals surface area contributed by atoms with Crippen LogP contribution in [0.5, 0.6) is 0 Å². The molecule has 0 bridgehead atoms. The largest absolute Gasteiger partial charge is 0.354 e. The van der Waals surface area contributed by atoms with E-state index in [2.05, 4.69) is 4.98 Å². The zero-order valence-corrected chi connectivity index (χ0v) is 8.81. The lowest BCUT2D eigenvalue weighted by atomic mass is 10.7. The smallest absolute Gasteiger partial charge is 0.348 e. The highest BCUT2D eigenvalue weighted by molar-refractivity contribution is 5.25. The Morgan fingerprint density at radius 2 is 1.93 bits per heavy atom. The van der Waals surface area contributed by atoms with Crippen molar-refractivity contribution in [1.82, 2.24) is 14.1 Å². The van der Waals surface area contributed by atoms with Crippen molar-refractivity contribution >= 4 is 5.95 Å². The van der Waals surface area contributed by atoms with Crippen LogP contribution < -0.4 is 16.3 Å². The lowest BCUT2D eigenvalue weighted by Gasteiger charge is -2.15. The van der Waals surface area contributed by atoms with E-state index >= 15 is 0 Å². The van der Waals surface area contributed by atoms with Crippen LogP contribution >= 0.6 is 0 Å². The van der Waals surface area contributed by atoms with E-state index in [0.717, 1.165) is 4.57 Å². The highest BCUT2D eigenvalue weighted by Crippen LogP contribution is 1.97. The molecule has 14 heavy (non-hydrogen) atoms. The molecule has 0 saturated heterocycles. The van der Waals surface area contributed by atoms with Crippen LogP contribution in [-0.2, 0) is 13.6 Å². The Bertz CT molecular complexity index is 444. The van der Waals surface area contributed by atoms with Crippen LogP contribution in [-0.4, -0.2) is 28.2 Å². The summed E-state index contributed by atoms with van der Waals surface area (Å²) >= 11 is 0. The van der Waals surface area contributed by atoms with Gasteiger partial charge in [0.1, 0.15) is 0 Å². The molecule has 0 aliphatic heterocycles. The molecule has 78 valence electrons. The van der Waals surface area contributed by atoms with E-state index in [1.54, 1.807) is 33.0 Å². The molecule has 1 heterocycles. The second kappa shape index (κ2) is 3.65. The van der Waals surface area contributed by atoms with Gasteiger partial charge in [0.2, 0.25) is 5.95 Å². The van der Waals surface area contributed by atoms with Crippen molar-refractivity contribution in [2.75, 3.05) is 19.0 Å². The Labute approximate surface area is 81.4 Å². The van der Waals surface area contributed by atoms with Crippen LogP contribution in [0.3, 0.4) is 0 Å². The molecule has 0 atom stereocenters. The number of aromatic nitrogens is 3. The minimum absolute atomic E-state index is 0.337. The highest BCUT2D eigenvalue weighted by atomic mass is 16.2. The molecule has 1 rings (SSSR count). The summed E-state index contributed by atoms with van der Waals surface area (Å²) in [6, 6.07) is 0. The summed E-state index contributed by atoms with van der Waals surface area (Å²) in [7, 11) is 5.06. The molecule has 0 saturated carbocycles. The van der Waals surface area contributed by atoms with Crippen molar-refractivity contribution < 1.29 is 0 Å². The fraction of sp³-hybridized carbons (Fsp3) is 0.625. The summed E-state index contributed by atoms with van der Waals surface area (Å²) in [4.78, 5) is 28.4. The zero-order chi connectivity index (χ0) is 10.9. The molecule has 0 amide bonds. The lowest BCUT2D eigenvalue weighted by molar-refractivity contribution is 0.588. The third-order valence-corrected chi connectivity index (χ3v) is 1.96. The van der Waals surface area contributed by atoms with E-state index in [0.29, 0.717) is 12.5 Å². The van der Waals surface area contributed by atoms with Crippen molar-refractivity contribution in [2.24, 2.45) is 7.05 Å². The molecule has 0 aromatic carbocycles. The summed E-state index contributed by atoms with van der Waals surface area (Å²) in [6.07, 6.45) is 0. The first-order valence-corrected chi connectivity index (χ1v) is 4.34. The van der Waals surface area contributed by atoms with E-state index in [1.165, 1.54) is 4.57 Å². The monoisotopic (exact) mass is 198 g/mol. The SMILES string of the molecule is CCn1c(=O)nc(N(C)C)n(C)c1=O. The molecule has 0 radical (unpaired) electrons. The predicted octanol–water partition coefficient (Wildman–Crippen LogP) is -0.972. The minimum atomic E-state index is -0.501. The summed E-state index contributed by atoms with van der Waals surface area (Å²) in [5.41, 5.74) is -0.837. The van der Waals surface area contributed by atoms with Crippen LogP contribution in [0.1, 0.15) is 6.92 Å². The maximum absolute atomic E-state index is 11.6. The topological polar surface area (TPSA) is 60.1 Å². The third kappa shape index (κ3) is 1.55. The predicted molar refractivity (Wildman–Crippen MR) is 53.7 cm³/mol. The van der Waals surface area contributed by atoms with Gasteiger partial charge in [0, 0.05) is 27.7 Å². The van der Waals surface area contributed by atoms with E-state index in [9.17, 15) is 9.59 Å². The van der Waals surface area contributed by atoms with Crippen molar-refractivity contribution in [2.45, 2.75) is 13.5 Å². The van der Waals surface area contributed by atoms with Crippen molar-refractivity contribution in [3.05, 3.63) is 21.0 Å². The van der Waals surface area contributed by atoms with Crippen LogP contribution in [0.4, 0.5) is 5.95 Å². The molecule has 6 heteroatoms. The van der Waals surface area contributed by atoms with Gasteiger partial charge in [-0.05, 0) is 6.92 Å². The second-order valence-electron chi connectivity index (χ2n) is 3.17. The molecule has 0 spiro atoms. The molecule has 1 aromatic rings. The van der Waals surface area contributed by atoms with Gasteiger partial charge in [-0.1, -0.05) is 0 Å². The Balaban J connectivity index is 3.57. The summed E-state index contributed by atoms with van der Waals surface area (Å²) in [5, 5.41) is 0. The first-order valence-electron chi connectivity index (χ1n) is 4.34. The van der Waals surface area contributed by atoms with E-state index in [4.69, 9.17) is 0 Å². The quantitative estimate of drug-likeness (QED) is 0.613. The van der Waals surface area contributed by atoms with Gasteiger partial charge in [-0.2, -0.15) is 4.98 Å². The second-order valence-corrected chi connectivity index (χ2v) is 3.17. The van der Waals surface area contributed by atoms with Gasteiger partial charge in [-0.15, -0.1) is 0 Å². The molecular formula is C8H14N4O2. The van der Waals surface area contributed by atoms with E-state index in [-0.39, 0.29) is 5.69 Å². The maximum Gasteiger partial charge on any atom is 0.354 e. The first kappa shape index (κ1) is 10.5. The van der Waals surface area contributed by atoms with Gasteiger partial charge < -0.3 is 4.90 Å². The Kier molecular flexibility index (Phi) is 2.73. The van der Waals surface area contributed by atoms with Gasteiger partial charge >= 0.3 is 11.4 Å². The molecule has 0 N–H and O–H groups in total. The Hall–Kier alpha value is -1.59. The Morgan fingerprint density at radius 1 is 1.36 bits per heavy atom. The van der Waals surface area contributed by atoms with Crippen LogP contribution in [0.15, 0.2) is 9.59 Å². The first-order chi connectivity index (χ1) is 6.49. The normalized spacial score (nSPS) is 10.3. The van der Waals surface area contributed by atoms with Gasteiger partial charge in [0.15, 0.2) is 0 Å². The fourth-order valence-electron chi connectivity index (χ4n) is 1.24. The maximum atomic E-state index is 11.6. The molecule has 1 aromatic heterocycles. The Morgan fingerprint density at radius 3 is 2.36 bits per heavy atom. The zero-order valence-electron chi connectivity index (χ0n) is 8.81. The molecule has 0 fully saturated rings. The standard InChI is InChI=1S/C8H14N4O2/c1-5-12-7(13)9-6(10(2)3)11(4)8(12)14/h5H2,1-4H3. The van der Waals surface area contributed by atoms with Gasteiger partial charge in [0.05, 0.1) is 0 Å². The summed E-state index contributed by atoms with van der Waals surface area (Å²) < 4.78 is 2.44. The molecule has 0 aliphatic carbocycles. The molecular weight excluding hydrogens is 184 g/mol. The summed E-state index contributed by atoms with van der Waals surface area (Å²) in [6.45, 7) is 2.08. The van der Waals surface area contributed by atoms with E-state index < -0.39 is 5.69 Å². The van der Waals surface area contributed by atoms with Crippen molar-refractivity contribution in [3.8, 4) is 0 Å². The molecule has 0 unspecified atom stereocenters. The average Bonchev–Trinajstić information content (AvgIpc) is 2.12. The van der Waals surface area contributed by atoms with Gasteiger partial charge in [-0.25, -0.2) is 14.2 Å². The van der Waals surface area contributed by atoms with Crippen LogP contribution in [0.2, 0.25) is 0 Å².